The van der Waals surface area contributed by atoms with Crippen molar-refractivity contribution in [2.45, 2.75) is 34.2 Å². The fourth-order valence-corrected chi connectivity index (χ4v) is 2.76. The van der Waals surface area contributed by atoms with E-state index >= 15 is 0 Å². The predicted octanol–water partition coefficient (Wildman–Crippen LogP) is 2.62. The highest BCUT2D eigenvalue weighted by Gasteiger charge is 2.18. The van der Waals surface area contributed by atoms with Crippen molar-refractivity contribution in [2.75, 3.05) is 33.7 Å². The van der Waals surface area contributed by atoms with Crippen LogP contribution < -0.4 is 5.32 Å². The van der Waals surface area contributed by atoms with E-state index in [1.54, 1.807) is 7.05 Å². The van der Waals surface area contributed by atoms with Gasteiger partial charge in [-0.15, -0.1) is 0 Å². The predicted molar refractivity (Wildman–Crippen MR) is 102 cm³/mol. The number of likely N-dealkylation sites (N-methyl/N-ethyl adjacent to an activating group) is 1. The summed E-state index contributed by atoms with van der Waals surface area (Å²) in [6.45, 7) is 11.2. The number of rotatable bonds is 9. The van der Waals surface area contributed by atoms with Gasteiger partial charge in [-0.3, -0.25) is 14.5 Å². The summed E-state index contributed by atoms with van der Waals surface area (Å²) < 4.78 is 0. The largest absolute Gasteiger partial charge is 0.355 e. The second kappa shape index (κ2) is 10.2. The van der Waals surface area contributed by atoms with Crippen LogP contribution in [0.4, 0.5) is 0 Å². The number of hydrogen-bond donors (Lipinski definition) is 1. The zero-order valence-electron chi connectivity index (χ0n) is 16.5. The van der Waals surface area contributed by atoms with Crippen LogP contribution in [0, 0.1) is 11.8 Å². The molecule has 0 aliphatic carbocycles. The highest BCUT2D eigenvalue weighted by molar-refractivity contribution is 5.93. The fourth-order valence-electron chi connectivity index (χ4n) is 2.76. The molecule has 0 aliphatic heterocycles. The highest BCUT2D eigenvalue weighted by Crippen LogP contribution is 2.09. The lowest BCUT2D eigenvalue weighted by Crippen LogP contribution is -2.42. The van der Waals surface area contributed by atoms with Gasteiger partial charge in [0.15, 0.2) is 0 Å². The molecule has 0 bridgehead atoms. The van der Waals surface area contributed by atoms with Crippen molar-refractivity contribution in [1.82, 2.24) is 15.1 Å². The Bertz CT molecular complexity index is 543. The molecule has 0 aliphatic rings. The van der Waals surface area contributed by atoms with E-state index in [1.807, 2.05) is 41.1 Å². The summed E-state index contributed by atoms with van der Waals surface area (Å²) in [6.07, 6.45) is 0. The van der Waals surface area contributed by atoms with E-state index < -0.39 is 0 Å². The molecule has 2 amide bonds. The van der Waals surface area contributed by atoms with Crippen LogP contribution in [-0.2, 0) is 11.3 Å². The van der Waals surface area contributed by atoms with Crippen LogP contribution in [0.15, 0.2) is 24.3 Å². The fraction of sp³-hybridized carbons (Fsp3) is 0.600. The van der Waals surface area contributed by atoms with Crippen molar-refractivity contribution in [3.05, 3.63) is 35.4 Å². The monoisotopic (exact) mass is 347 g/mol. The summed E-state index contributed by atoms with van der Waals surface area (Å²) in [7, 11) is 3.57. The van der Waals surface area contributed by atoms with Gasteiger partial charge in [0.05, 0.1) is 6.54 Å². The molecule has 1 aromatic rings. The Morgan fingerprint density at radius 2 is 1.52 bits per heavy atom. The van der Waals surface area contributed by atoms with Crippen LogP contribution in [0.1, 0.15) is 43.6 Å². The van der Waals surface area contributed by atoms with Crippen LogP contribution in [0.25, 0.3) is 0 Å². The molecule has 0 atom stereocenters. The van der Waals surface area contributed by atoms with Crippen molar-refractivity contribution < 1.29 is 9.59 Å². The first kappa shape index (κ1) is 21.2. The van der Waals surface area contributed by atoms with Crippen molar-refractivity contribution >= 4 is 11.8 Å². The minimum Gasteiger partial charge on any atom is -0.355 e. The zero-order valence-corrected chi connectivity index (χ0v) is 16.5. The molecule has 5 nitrogen and oxygen atoms in total. The lowest BCUT2D eigenvalue weighted by atomic mass is 10.1. The number of nitrogens with one attached hydrogen (secondary N) is 1. The van der Waals surface area contributed by atoms with Crippen LogP contribution in [0.5, 0.6) is 0 Å². The molecule has 25 heavy (non-hydrogen) atoms. The summed E-state index contributed by atoms with van der Waals surface area (Å²) in [5.41, 5.74) is 1.73. The number of carbonyl (C=O) groups is 2. The molecule has 1 N–H and O–H groups in total. The summed E-state index contributed by atoms with van der Waals surface area (Å²) in [6, 6.07) is 7.50. The van der Waals surface area contributed by atoms with E-state index in [0.29, 0.717) is 30.5 Å². The average molecular weight is 348 g/mol. The molecule has 0 saturated heterocycles. The van der Waals surface area contributed by atoms with Gasteiger partial charge in [0.2, 0.25) is 5.91 Å². The maximum Gasteiger partial charge on any atom is 0.251 e. The normalized spacial score (nSPS) is 11.2. The molecular weight excluding hydrogens is 314 g/mol. The highest BCUT2D eigenvalue weighted by atomic mass is 16.2. The zero-order chi connectivity index (χ0) is 19.0. The summed E-state index contributed by atoms with van der Waals surface area (Å²) in [5, 5.41) is 2.61. The molecule has 0 spiro atoms. The Morgan fingerprint density at radius 3 is 1.96 bits per heavy atom. The first-order valence-corrected chi connectivity index (χ1v) is 9.00. The van der Waals surface area contributed by atoms with E-state index in [2.05, 4.69) is 33.0 Å². The third kappa shape index (κ3) is 7.69. The van der Waals surface area contributed by atoms with E-state index in [4.69, 9.17) is 0 Å². The lowest BCUT2D eigenvalue weighted by molar-refractivity contribution is -0.133. The quantitative estimate of drug-likeness (QED) is 0.747. The number of benzene rings is 1. The van der Waals surface area contributed by atoms with Gasteiger partial charge in [-0.25, -0.2) is 0 Å². The Kier molecular flexibility index (Phi) is 8.62. The molecule has 0 fully saturated rings. The van der Waals surface area contributed by atoms with Crippen LogP contribution in [0.2, 0.25) is 0 Å². The third-order valence-electron chi connectivity index (χ3n) is 3.82. The molecule has 0 saturated carbocycles. The minimum atomic E-state index is -0.0897. The molecule has 0 heterocycles. The second-order valence-corrected chi connectivity index (χ2v) is 7.53. The topological polar surface area (TPSA) is 52.7 Å². The van der Waals surface area contributed by atoms with E-state index in [-0.39, 0.29) is 11.8 Å². The number of carbonyl (C=O) groups excluding carboxylic acids is 2. The molecule has 1 rings (SSSR count). The van der Waals surface area contributed by atoms with Gasteiger partial charge in [-0.1, -0.05) is 39.8 Å². The molecule has 0 aromatic heterocycles. The third-order valence-corrected chi connectivity index (χ3v) is 3.82. The van der Waals surface area contributed by atoms with Crippen molar-refractivity contribution in [3.8, 4) is 0 Å². The molecule has 5 heteroatoms. The lowest BCUT2D eigenvalue weighted by Gasteiger charge is -2.28. The maximum atomic E-state index is 12.6. The van der Waals surface area contributed by atoms with Crippen molar-refractivity contribution in [1.29, 1.82) is 0 Å². The average Bonchev–Trinajstić information content (AvgIpc) is 2.53. The Morgan fingerprint density at radius 1 is 1.00 bits per heavy atom. The minimum absolute atomic E-state index is 0.0897. The first-order chi connectivity index (χ1) is 11.7. The van der Waals surface area contributed by atoms with Gasteiger partial charge >= 0.3 is 0 Å². The molecule has 140 valence electrons. The van der Waals surface area contributed by atoms with Crippen LogP contribution in [0.3, 0.4) is 0 Å². The van der Waals surface area contributed by atoms with E-state index in [0.717, 1.165) is 18.7 Å². The van der Waals surface area contributed by atoms with Gasteiger partial charge in [0.1, 0.15) is 0 Å². The number of amides is 2. The van der Waals surface area contributed by atoms with Gasteiger partial charge in [-0.05, 0) is 36.6 Å². The smallest absolute Gasteiger partial charge is 0.251 e. The standard InChI is InChI=1S/C20H33N3O2/c1-15(2)11-23(12-16(3)4)19(24)14-22(6)13-17-7-9-18(10-8-17)20(25)21-5/h7-10,15-16H,11-14H2,1-6H3,(H,21,25). The van der Waals surface area contributed by atoms with Crippen LogP contribution >= 0.6 is 0 Å². The Labute approximate surface area is 152 Å². The van der Waals surface area contributed by atoms with Gasteiger partial charge in [0, 0.05) is 32.2 Å². The first-order valence-electron chi connectivity index (χ1n) is 9.00. The molecule has 0 unspecified atom stereocenters. The maximum absolute atomic E-state index is 12.6. The van der Waals surface area contributed by atoms with Crippen LogP contribution in [-0.4, -0.2) is 55.3 Å². The Balaban J connectivity index is 2.62. The molecule has 0 radical (unpaired) electrons. The summed E-state index contributed by atoms with van der Waals surface area (Å²) >= 11 is 0. The van der Waals surface area contributed by atoms with Crippen molar-refractivity contribution in [3.63, 3.8) is 0 Å². The molecule has 1 aromatic carbocycles. The van der Waals surface area contributed by atoms with E-state index in [9.17, 15) is 9.59 Å². The van der Waals surface area contributed by atoms with Gasteiger partial charge in [-0.2, -0.15) is 0 Å². The SMILES string of the molecule is CNC(=O)c1ccc(CN(C)CC(=O)N(CC(C)C)CC(C)C)cc1. The number of hydrogen-bond acceptors (Lipinski definition) is 3. The summed E-state index contributed by atoms with van der Waals surface area (Å²) in [4.78, 5) is 28.2. The van der Waals surface area contributed by atoms with Crippen molar-refractivity contribution in [2.24, 2.45) is 11.8 Å². The Hall–Kier alpha value is -1.88. The van der Waals surface area contributed by atoms with Gasteiger partial charge < -0.3 is 10.2 Å². The van der Waals surface area contributed by atoms with E-state index in [1.165, 1.54) is 0 Å². The second-order valence-electron chi connectivity index (χ2n) is 7.53. The molecular formula is C20H33N3O2. The number of nitrogens with zero attached hydrogens (tertiary/aromatic N) is 2. The van der Waals surface area contributed by atoms with Gasteiger partial charge in [0.25, 0.3) is 5.91 Å². The summed E-state index contributed by atoms with van der Waals surface area (Å²) in [5.74, 6) is 1.01.